The molecule has 0 aliphatic heterocycles. The van der Waals surface area contributed by atoms with E-state index in [1.165, 1.54) is 12.1 Å². The van der Waals surface area contributed by atoms with Crippen LogP contribution in [-0.4, -0.2) is 9.82 Å². The second-order valence-corrected chi connectivity index (χ2v) is 5.43. The summed E-state index contributed by atoms with van der Waals surface area (Å²) in [4.78, 5) is 30.1. The summed E-state index contributed by atoms with van der Waals surface area (Å²) in [6, 6.07) is 9.02. The first-order chi connectivity index (χ1) is 8.38. The Bertz CT molecular complexity index is 664. The van der Waals surface area contributed by atoms with Crippen LogP contribution >= 0.6 is 7.60 Å². The molecule has 18 heavy (non-hydrogen) atoms. The van der Waals surface area contributed by atoms with Gasteiger partial charge in [-0.15, -0.1) is 0 Å². The maximum absolute atomic E-state index is 10.9. The first-order valence-electron chi connectivity index (χ1n) is 5.06. The second kappa shape index (κ2) is 4.49. The normalized spacial score (nSPS) is 14.3. The fraction of sp³-hybridized carbons (Fsp3) is 0.0909. The molecule has 1 atom stereocenters. The van der Waals surface area contributed by atoms with Crippen LogP contribution in [0.25, 0.3) is 10.8 Å². The lowest BCUT2D eigenvalue weighted by molar-refractivity contribution is -0.383. The van der Waals surface area contributed by atoms with Gasteiger partial charge in [-0.05, 0) is 17.0 Å². The molecular weight excluding hydrogens is 257 g/mol. The number of non-ortho nitro benzene ring substituents is 1. The maximum Gasteiger partial charge on any atom is 0.277 e. The summed E-state index contributed by atoms with van der Waals surface area (Å²) in [5.41, 5.74) is 0.255. The van der Waals surface area contributed by atoms with Gasteiger partial charge in [0.15, 0.2) is 0 Å². The fourth-order valence-electron chi connectivity index (χ4n) is 1.86. The molecule has 94 valence electrons. The molecule has 0 aliphatic rings. The lowest BCUT2D eigenvalue weighted by Crippen LogP contribution is -2.02. The average Bonchev–Trinajstić information content (AvgIpc) is 2.27. The fourth-order valence-corrected chi connectivity index (χ4v) is 2.56. The SMILES string of the molecule is O=[N+]([O-])c1ccc(CP(=O)([O-])O)c2ccccc12. The van der Waals surface area contributed by atoms with Crippen molar-refractivity contribution in [2.75, 3.05) is 0 Å². The molecular formula is C11H9NO5P-. The molecule has 0 saturated heterocycles. The number of nitro benzene ring substituents is 1. The Morgan fingerprint density at radius 3 is 2.33 bits per heavy atom. The van der Waals surface area contributed by atoms with Crippen LogP contribution in [0.15, 0.2) is 36.4 Å². The van der Waals surface area contributed by atoms with E-state index in [-0.39, 0.29) is 5.69 Å². The molecule has 0 radical (unpaired) electrons. The van der Waals surface area contributed by atoms with Crippen molar-refractivity contribution in [3.8, 4) is 0 Å². The van der Waals surface area contributed by atoms with Crippen molar-refractivity contribution < 1.29 is 19.3 Å². The van der Waals surface area contributed by atoms with Gasteiger partial charge in [-0.1, -0.05) is 24.3 Å². The molecule has 0 aromatic heterocycles. The molecule has 0 bridgehead atoms. The van der Waals surface area contributed by atoms with Gasteiger partial charge in [0, 0.05) is 12.2 Å². The van der Waals surface area contributed by atoms with E-state index >= 15 is 0 Å². The van der Waals surface area contributed by atoms with Crippen LogP contribution in [0.1, 0.15) is 5.56 Å². The summed E-state index contributed by atoms with van der Waals surface area (Å²) < 4.78 is 10.9. The Kier molecular flexibility index (Phi) is 3.17. The third-order valence-corrected chi connectivity index (χ3v) is 3.30. The Balaban J connectivity index is 2.68. The summed E-state index contributed by atoms with van der Waals surface area (Å²) >= 11 is 0. The van der Waals surface area contributed by atoms with Gasteiger partial charge >= 0.3 is 0 Å². The van der Waals surface area contributed by atoms with Crippen LogP contribution in [0.5, 0.6) is 0 Å². The van der Waals surface area contributed by atoms with Crippen molar-refractivity contribution in [3.05, 3.63) is 52.1 Å². The Morgan fingerprint density at radius 2 is 1.78 bits per heavy atom. The molecule has 6 nitrogen and oxygen atoms in total. The predicted molar refractivity (Wildman–Crippen MR) is 64.1 cm³/mol. The molecule has 0 aliphatic carbocycles. The van der Waals surface area contributed by atoms with Gasteiger partial charge in [0.25, 0.3) is 5.69 Å². The summed E-state index contributed by atoms with van der Waals surface area (Å²) in [5.74, 6) is 0. The van der Waals surface area contributed by atoms with Gasteiger partial charge in [-0.2, -0.15) is 0 Å². The van der Waals surface area contributed by atoms with Crippen LogP contribution < -0.4 is 4.89 Å². The van der Waals surface area contributed by atoms with E-state index in [1.807, 2.05) is 0 Å². The minimum Gasteiger partial charge on any atom is -0.778 e. The monoisotopic (exact) mass is 266 g/mol. The third kappa shape index (κ3) is 2.56. The van der Waals surface area contributed by atoms with Crippen LogP contribution in [-0.2, 0) is 10.7 Å². The minimum atomic E-state index is -4.45. The van der Waals surface area contributed by atoms with Crippen molar-refractivity contribution in [1.29, 1.82) is 0 Å². The first kappa shape index (κ1) is 12.7. The lowest BCUT2D eigenvalue weighted by atomic mass is 10.0. The van der Waals surface area contributed by atoms with E-state index in [2.05, 4.69) is 0 Å². The second-order valence-electron chi connectivity index (χ2n) is 3.84. The maximum atomic E-state index is 10.9. The summed E-state index contributed by atoms with van der Waals surface area (Å²) in [6.07, 6.45) is -0.536. The van der Waals surface area contributed by atoms with Crippen molar-refractivity contribution >= 4 is 24.1 Å². The molecule has 0 amide bonds. The van der Waals surface area contributed by atoms with Crippen molar-refractivity contribution in [1.82, 2.24) is 0 Å². The lowest BCUT2D eigenvalue weighted by Gasteiger charge is -2.16. The highest BCUT2D eigenvalue weighted by atomic mass is 31.2. The van der Waals surface area contributed by atoms with E-state index in [0.29, 0.717) is 16.3 Å². The Labute approximate surface area is 102 Å². The zero-order valence-corrected chi connectivity index (χ0v) is 10.0. The van der Waals surface area contributed by atoms with E-state index in [0.717, 1.165) is 0 Å². The minimum absolute atomic E-state index is 0.0898. The van der Waals surface area contributed by atoms with Gasteiger partial charge < -0.3 is 14.4 Å². The number of nitro groups is 1. The van der Waals surface area contributed by atoms with Gasteiger partial charge in [-0.3, -0.25) is 10.1 Å². The molecule has 2 aromatic rings. The number of hydrogen-bond acceptors (Lipinski definition) is 4. The quantitative estimate of drug-likeness (QED) is 0.518. The van der Waals surface area contributed by atoms with Crippen LogP contribution in [0, 0.1) is 10.1 Å². The van der Waals surface area contributed by atoms with Gasteiger partial charge in [0.2, 0.25) is 0 Å². The standard InChI is InChI=1S/C11H10NO5P/c13-12(14)11-6-5-8(7-18(15,16)17)9-3-1-2-4-10(9)11/h1-6H,7H2,(H2,15,16,17)/p-1. The molecule has 2 aromatic carbocycles. The molecule has 0 spiro atoms. The number of benzene rings is 2. The number of hydrogen-bond donors (Lipinski definition) is 1. The molecule has 7 heteroatoms. The molecule has 2 rings (SSSR count). The molecule has 0 saturated carbocycles. The smallest absolute Gasteiger partial charge is 0.277 e. The van der Waals surface area contributed by atoms with Crippen molar-refractivity contribution in [3.63, 3.8) is 0 Å². The Hall–Kier alpha value is -1.75. The van der Waals surface area contributed by atoms with Gasteiger partial charge in [0.05, 0.1) is 10.3 Å². The highest BCUT2D eigenvalue weighted by molar-refractivity contribution is 7.49. The van der Waals surface area contributed by atoms with Gasteiger partial charge in [-0.25, -0.2) is 0 Å². The summed E-state index contributed by atoms with van der Waals surface area (Å²) in [7, 11) is -4.45. The zero-order valence-electron chi connectivity index (χ0n) is 9.15. The molecule has 0 heterocycles. The van der Waals surface area contributed by atoms with Crippen LogP contribution in [0.4, 0.5) is 5.69 Å². The Morgan fingerprint density at radius 1 is 1.17 bits per heavy atom. The number of rotatable bonds is 3. The third-order valence-electron chi connectivity index (χ3n) is 2.56. The zero-order chi connectivity index (χ0) is 13.3. The summed E-state index contributed by atoms with van der Waals surface area (Å²) in [5, 5.41) is 11.7. The molecule has 0 fully saturated rings. The highest BCUT2D eigenvalue weighted by Gasteiger charge is 2.15. The first-order valence-corrected chi connectivity index (χ1v) is 6.82. The van der Waals surface area contributed by atoms with Gasteiger partial charge in [0.1, 0.15) is 7.60 Å². The van der Waals surface area contributed by atoms with E-state index in [9.17, 15) is 19.6 Å². The molecule has 1 unspecified atom stereocenters. The highest BCUT2D eigenvalue weighted by Crippen LogP contribution is 2.38. The van der Waals surface area contributed by atoms with E-state index in [4.69, 9.17) is 4.89 Å². The van der Waals surface area contributed by atoms with E-state index < -0.39 is 18.7 Å². The average molecular weight is 266 g/mol. The topological polar surface area (TPSA) is 104 Å². The number of fused-ring (bicyclic) bond motifs is 1. The predicted octanol–water partition coefficient (Wildman–Crippen LogP) is 1.79. The van der Waals surface area contributed by atoms with Crippen LogP contribution in [0.2, 0.25) is 0 Å². The number of nitrogens with zero attached hydrogens (tertiary/aromatic N) is 1. The van der Waals surface area contributed by atoms with Crippen molar-refractivity contribution in [2.24, 2.45) is 0 Å². The largest absolute Gasteiger partial charge is 0.778 e. The summed E-state index contributed by atoms with van der Waals surface area (Å²) in [6.45, 7) is 0. The van der Waals surface area contributed by atoms with Crippen LogP contribution in [0.3, 0.4) is 0 Å². The molecule has 1 N–H and O–H groups in total. The van der Waals surface area contributed by atoms with E-state index in [1.54, 1.807) is 24.3 Å². The van der Waals surface area contributed by atoms with Crippen molar-refractivity contribution in [2.45, 2.75) is 6.16 Å².